The molecule has 0 spiro atoms. The molecule has 1 heterocycles. The topological polar surface area (TPSA) is 53.8 Å². The van der Waals surface area contributed by atoms with Crippen molar-refractivity contribution in [2.75, 3.05) is 0 Å². The van der Waals surface area contributed by atoms with Crippen LogP contribution in [0.5, 0.6) is 0 Å². The summed E-state index contributed by atoms with van der Waals surface area (Å²) in [6.45, 7) is 4.35. The molecule has 0 radical (unpaired) electrons. The Morgan fingerprint density at radius 1 is 1.12 bits per heavy atom. The molecular formula is C20H21N3OS. The Bertz CT molecular complexity index is 782. The first-order chi connectivity index (χ1) is 12.1. The van der Waals surface area contributed by atoms with Gasteiger partial charge in [-0.25, -0.2) is 0 Å². The first kappa shape index (κ1) is 17.4. The summed E-state index contributed by atoms with van der Waals surface area (Å²) in [5.41, 5.74) is 3.44. The third-order valence-electron chi connectivity index (χ3n) is 4.00. The molecule has 1 aliphatic heterocycles. The van der Waals surface area contributed by atoms with Crippen LogP contribution in [0, 0.1) is 0 Å². The summed E-state index contributed by atoms with van der Waals surface area (Å²) in [7, 11) is 0. The minimum atomic E-state index is -0.157. The Morgan fingerprint density at radius 2 is 1.84 bits per heavy atom. The van der Waals surface area contributed by atoms with E-state index in [0.717, 1.165) is 11.1 Å². The van der Waals surface area contributed by atoms with Gasteiger partial charge in [-0.05, 0) is 29.0 Å². The number of benzene rings is 2. The van der Waals surface area contributed by atoms with Crippen LogP contribution < -0.4 is 5.32 Å². The SMILES string of the molecule is CC(C)c1ccc(C[C@H]2S/C(=N/N=C\c3ccccc3)NC2=O)cc1. The molecule has 1 aliphatic rings. The number of hydrogen-bond donors (Lipinski definition) is 1. The maximum absolute atomic E-state index is 12.1. The van der Waals surface area contributed by atoms with Gasteiger partial charge in [-0.3, -0.25) is 4.79 Å². The third kappa shape index (κ3) is 4.79. The normalized spacial score (nSPS) is 19.1. The molecule has 1 fully saturated rings. The van der Waals surface area contributed by atoms with E-state index >= 15 is 0 Å². The predicted octanol–water partition coefficient (Wildman–Crippen LogP) is 3.97. The first-order valence-corrected chi connectivity index (χ1v) is 9.22. The van der Waals surface area contributed by atoms with Gasteiger partial charge >= 0.3 is 0 Å². The summed E-state index contributed by atoms with van der Waals surface area (Å²) < 4.78 is 0. The molecule has 3 rings (SSSR count). The lowest BCUT2D eigenvalue weighted by molar-refractivity contribution is -0.118. The van der Waals surface area contributed by atoms with Crippen LogP contribution in [0.25, 0.3) is 0 Å². The Balaban J connectivity index is 1.60. The van der Waals surface area contributed by atoms with Crippen LogP contribution in [-0.2, 0) is 11.2 Å². The molecule has 0 saturated carbocycles. The number of thioether (sulfide) groups is 1. The fraction of sp³-hybridized carbons (Fsp3) is 0.250. The first-order valence-electron chi connectivity index (χ1n) is 8.34. The fourth-order valence-electron chi connectivity index (χ4n) is 2.53. The van der Waals surface area contributed by atoms with Crippen LogP contribution in [0.4, 0.5) is 0 Å². The fourth-order valence-corrected chi connectivity index (χ4v) is 3.49. The molecular weight excluding hydrogens is 330 g/mol. The average molecular weight is 351 g/mol. The van der Waals surface area contributed by atoms with Gasteiger partial charge in [-0.2, -0.15) is 5.10 Å². The Morgan fingerprint density at radius 3 is 2.52 bits per heavy atom. The van der Waals surface area contributed by atoms with E-state index in [1.807, 2.05) is 30.3 Å². The standard InChI is InChI=1S/C20H21N3OS/c1-14(2)17-10-8-15(9-11-17)12-18-19(24)22-20(25-18)23-21-13-16-6-4-3-5-7-16/h3-11,13-14,18H,12H2,1-2H3,(H,22,23,24)/b21-13-/t18-/m1/s1. The molecule has 1 N–H and O–H groups in total. The Labute approximate surface area is 152 Å². The van der Waals surface area contributed by atoms with Gasteiger partial charge in [0.15, 0.2) is 5.17 Å². The molecule has 2 aromatic carbocycles. The van der Waals surface area contributed by atoms with Crippen LogP contribution in [0.1, 0.15) is 36.5 Å². The summed E-state index contributed by atoms with van der Waals surface area (Å²) in [4.78, 5) is 12.1. The number of carbonyl (C=O) groups excluding carboxylic acids is 1. The Hall–Kier alpha value is -2.40. The molecule has 4 nitrogen and oxygen atoms in total. The van der Waals surface area contributed by atoms with Crippen molar-refractivity contribution in [3.63, 3.8) is 0 Å². The maximum atomic E-state index is 12.1. The van der Waals surface area contributed by atoms with Gasteiger partial charge in [0.1, 0.15) is 0 Å². The number of amidine groups is 1. The van der Waals surface area contributed by atoms with Crippen LogP contribution in [-0.4, -0.2) is 22.5 Å². The zero-order chi connectivity index (χ0) is 17.6. The zero-order valence-corrected chi connectivity index (χ0v) is 15.2. The van der Waals surface area contributed by atoms with E-state index in [1.54, 1.807) is 6.21 Å². The second-order valence-electron chi connectivity index (χ2n) is 6.26. The van der Waals surface area contributed by atoms with Crippen LogP contribution >= 0.6 is 11.8 Å². The molecule has 2 aromatic rings. The number of rotatable bonds is 5. The van der Waals surface area contributed by atoms with Crippen molar-refractivity contribution in [2.24, 2.45) is 10.2 Å². The highest BCUT2D eigenvalue weighted by Crippen LogP contribution is 2.24. The molecule has 5 heteroatoms. The van der Waals surface area contributed by atoms with Crippen LogP contribution in [0.2, 0.25) is 0 Å². The molecule has 128 valence electrons. The van der Waals surface area contributed by atoms with Gasteiger partial charge in [0.2, 0.25) is 5.91 Å². The summed E-state index contributed by atoms with van der Waals surface area (Å²) in [5.74, 6) is 0.506. The minimum Gasteiger partial charge on any atom is -0.303 e. The lowest BCUT2D eigenvalue weighted by Gasteiger charge is -2.08. The van der Waals surface area contributed by atoms with Crippen molar-refractivity contribution in [1.82, 2.24) is 5.32 Å². The molecule has 0 aliphatic carbocycles. The van der Waals surface area contributed by atoms with Crippen molar-refractivity contribution in [2.45, 2.75) is 31.4 Å². The maximum Gasteiger partial charge on any atom is 0.239 e. The van der Waals surface area contributed by atoms with Crippen molar-refractivity contribution in [3.8, 4) is 0 Å². The molecule has 0 unspecified atom stereocenters. The van der Waals surface area contributed by atoms with E-state index in [4.69, 9.17) is 0 Å². The zero-order valence-electron chi connectivity index (χ0n) is 14.3. The quantitative estimate of drug-likeness (QED) is 0.654. The van der Waals surface area contributed by atoms with Crippen molar-refractivity contribution < 1.29 is 4.79 Å². The van der Waals surface area contributed by atoms with Crippen LogP contribution in [0.15, 0.2) is 64.8 Å². The molecule has 25 heavy (non-hydrogen) atoms. The number of hydrogen-bond acceptors (Lipinski definition) is 4. The van der Waals surface area contributed by atoms with Gasteiger partial charge in [0.05, 0.1) is 11.5 Å². The minimum absolute atomic E-state index is 0.00778. The predicted molar refractivity (Wildman–Crippen MR) is 105 cm³/mol. The van der Waals surface area contributed by atoms with Crippen molar-refractivity contribution in [1.29, 1.82) is 0 Å². The third-order valence-corrected chi connectivity index (χ3v) is 5.07. The highest BCUT2D eigenvalue weighted by atomic mass is 32.2. The molecule has 0 aromatic heterocycles. The van der Waals surface area contributed by atoms with Crippen LogP contribution in [0.3, 0.4) is 0 Å². The number of carbonyl (C=O) groups is 1. The summed E-state index contributed by atoms with van der Waals surface area (Å²) in [6.07, 6.45) is 2.37. The second kappa shape index (κ2) is 8.12. The molecule has 0 bridgehead atoms. The number of nitrogens with zero attached hydrogens (tertiary/aromatic N) is 2. The highest BCUT2D eigenvalue weighted by Gasteiger charge is 2.30. The Kier molecular flexibility index (Phi) is 5.66. The lowest BCUT2D eigenvalue weighted by Crippen LogP contribution is -2.25. The monoisotopic (exact) mass is 351 g/mol. The van der Waals surface area contributed by atoms with Gasteiger partial charge in [0, 0.05) is 0 Å². The second-order valence-corrected chi connectivity index (χ2v) is 7.45. The van der Waals surface area contributed by atoms with E-state index < -0.39 is 0 Å². The largest absolute Gasteiger partial charge is 0.303 e. The van der Waals surface area contributed by atoms with Gasteiger partial charge in [-0.15, -0.1) is 5.10 Å². The smallest absolute Gasteiger partial charge is 0.239 e. The van der Waals surface area contributed by atoms with E-state index in [-0.39, 0.29) is 11.2 Å². The van der Waals surface area contributed by atoms with E-state index in [0.29, 0.717) is 17.5 Å². The average Bonchev–Trinajstić information content (AvgIpc) is 2.96. The van der Waals surface area contributed by atoms with Gasteiger partial charge in [0.25, 0.3) is 0 Å². The van der Waals surface area contributed by atoms with Gasteiger partial charge < -0.3 is 5.32 Å². The highest BCUT2D eigenvalue weighted by molar-refractivity contribution is 8.15. The van der Waals surface area contributed by atoms with Crippen molar-refractivity contribution >= 4 is 29.1 Å². The molecule has 1 atom stereocenters. The summed E-state index contributed by atoms with van der Waals surface area (Å²) in [5, 5.41) is 11.4. The van der Waals surface area contributed by atoms with Gasteiger partial charge in [-0.1, -0.05) is 80.2 Å². The van der Waals surface area contributed by atoms with E-state index in [1.165, 1.54) is 17.3 Å². The number of nitrogens with one attached hydrogen (secondary N) is 1. The molecule has 1 saturated heterocycles. The van der Waals surface area contributed by atoms with E-state index in [2.05, 4.69) is 53.6 Å². The molecule has 1 amide bonds. The van der Waals surface area contributed by atoms with Crippen molar-refractivity contribution in [3.05, 3.63) is 71.3 Å². The lowest BCUT2D eigenvalue weighted by atomic mass is 10.0. The van der Waals surface area contributed by atoms with E-state index in [9.17, 15) is 4.79 Å². The number of amides is 1. The summed E-state index contributed by atoms with van der Waals surface area (Å²) >= 11 is 1.43. The summed E-state index contributed by atoms with van der Waals surface area (Å²) in [6, 6.07) is 18.2.